The summed E-state index contributed by atoms with van der Waals surface area (Å²) in [5.74, 6) is 0. The van der Waals surface area contributed by atoms with E-state index >= 15 is 0 Å². The molecular formula is C53H38N4. The molecule has 3 heterocycles. The molecule has 8 aromatic carbocycles. The minimum atomic E-state index is -0.249. The third-order valence-electron chi connectivity index (χ3n) is 11.5. The van der Waals surface area contributed by atoms with Crippen LogP contribution in [0.2, 0.25) is 0 Å². The molecule has 4 heteroatoms. The first-order chi connectivity index (χ1) is 28.2. The summed E-state index contributed by atoms with van der Waals surface area (Å²) in [6, 6.07) is 70.0. The van der Waals surface area contributed by atoms with E-state index in [9.17, 15) is 0 Å². The Morgan fingerprint density at radius 1 is 0.386 bits per heavy atom. The van der Waals surface area contributed by atoms with Crippen molar-refractivity contribution >= 4 is 49.3 Å². The Hall–Kier alpha value is -7.43. The molecule has 2 aromatic heterocycles. The van der Waals surface area contributed by atoms with Gasteiger partial charge in [0.15, 0.2) is 0 Å². The molecule has 270 valence electrons. The summed E-state index contributed by atoms with van der Waals surface area (Å²) in [6.07, 6.45) is 4.03. The lowest BCUT2D eigenvalue weighted by Gasteiger charge is -2.30. The summed E-state index contributed by atoms with van der Waals surface area (Å²) in [5.41, 5.74) is 15.2. The van der Waals surface area contributed by atoms with Gasteiger partial charge in [-0.25, -0.2) is 4.99 Å². The van der Waals surface area contributed by atoms with Crippen molar-refractivity contribution in [1.82, 2.24) is 14.0 Å². The van der Waals surface area contributed by atoms with Gasteiger partial charge in [0.25, 0.3) is 0 Å². The van der Waals surface area contributed by atoms with Gasteiger partial charge in [0.2, 0.25) is 6.29 Å². The number of fused-ring (bicyclic) bond motifs is 6. The predicted octanol–water partition coefficient (Wildman–Crippen LogP) is 13.3. The Morgan fingerprint density at radius 3 is 1.58 bits per heavy atom. The fourth-order valence-corrected chi connectivity index (χ4v) is 8.72. The second kappa shape index (κ2) is 13.4. The Kier molecular flexibility index (Phi) is 7.75. The van der Waals surface area contributed by atoms with Crippen molar-refractivity contribution < 1.29 is 0 Å². The highest BCUT2D eigenvalue weighted by Crippen LogP contribution is 2.39. The molecule has 0 aliphatic carbocycles. The summed E-state index contributed by atoms with van der Waals surface area (Å²) >= 11 is 0. The number of rotatable bonds is 6. The van der Waals surface area contributed by atoms with Gasteiger partial charge in [-0.2, -0.15) is 0 Å². The molecule has 1 aliphatic rings. The zero-order chi connectivity index (χ0) is 37.9. The summed E-state index contributed by atoms with van der Waals surface area (Å²) in [5, 5.41) is 4.94. The molecule has 1 aliphatic heterocycles. The van der Waals surface area contributed by atoms with E-state index in [2.05, 4.69) is 227 Å². The lowest BCUT2D eigenvalue weighted by molar-refractivity contribution is 0.266. The Balaban J connectivity index is 0.968. The molecule has 0 saturated carbocycles. The van der Waals surface area contributed by atoms with Gasteiger partial charge in [0.05, 0.1) is 27.8 Å². The molecule has 0 fully saturated rings. The predicted molar refractivity (Wildman–Crippen MR) is 239 cm³/mol. The van der Waals surface area contributed by atoms with E-state index in [1.165, 1.54) is 71.6 Å². The first-order valence-corrected chi connectivity index (χ1v) is 19.5. The van der Waals surface area contributed by atoms with Gasteiger partial charge in [0, 0.05) is 40.5 Å². The molecule has 0 spiro atoms. The molecule has 0 saturated heterocycles. The van der Waals surface area contributed by atoms with Crippen LogP contribution in [-0.2, 0) is 0 Å². The van der Waals surface area contributed by atoms with E-state index in [-0.39, 0.29) is 6.29 Å². The number of hydrogen-bond acceptors (Lipinski definition) is 2. The van der Waals surface area contributed by atoms with E-state index in [0.29, 0.717) is 0 Å². The van der Waals surface area contributed by atoms with Crippen molar-refractivity contribution in [1.29, 1.82) is 0 Å². The summed E-state index contributed by atoms with van der Waals surface area (Å²) < 4.78 is 4.76. The smallest absolute Gasteiger partial charge is 0.203 e. The maximum atomic E-state index is 5.42. The van der Waals surface area contributed by atoms with Crippen LogP contribution in [0.3, 0.4) is 0 Å². The van der Waals surface area contributed by atoms with Gasteiger partial charge in [-0.1, -0.05) is 140 Å². The van der Waals surface area contributed by atoms with Crippen LogP contribution in [0.4, 0.5) is 0 Å². The highest BCUT2D eigenvalue weighted by Gasteiger charge is 2.24. The first kappa shape index (κ1) is 33.0. The van der Waals surface area contributed by atoms with E-state index in [0.717, 1.165) is 22.3 Å². The van der Waals surface area contributed by atoms with Crippen molar-refractivity contribution in [2.45, 2.75) is 6.29 Å². The number of hydrogen-bond donors (Lipinski definition) is 0. The fourth-order valence-electron chi connectivity index (χ4n) is 8.72. The molecule has 0 N–H and O–H groups in total. The number of para-hydroxylation sites is 3. The van der Waals surface area contributed by atoms with Crippen LogP contribution in [0.5, 0.6) is 0 Å². The Morgan fingerprint density at radius 2 is 0.860 bits per heavy atom. The van der Waals surface area contributed by atoms with Gasteiger partial charge in [-0.05, 0) is 99.6 Å². The summed E-state index contributed by atoms with van der Waals surface area (Å²) in [7, 11) is 2.11. The number of benzene rings is 8. The second-order valence-electron chi connectivity index (χ2n) is 14.9. The molecular weight excluding hydrogens is 693 g/mol. The molecule has 0 radical (unpaired) electrons. The SMILES string of the molecule is CN1C=CC(c2ccc(-c3cccc(-c4ccccc4)c3)cc2)=NC1n1c2ccccc2c2cc(-c3ccc4c(c3)c3ccccc3n4-c3ccccc3)ccc21. The maximum absolute atomic E-state index is 5.42. The van der Waals surface area contributed by atoms with Crippen LogP contribution in [0, 0.1) is 0 Å². The minimum Gasteiger partial charge on any atom is -0.342 e. The zero-order valence-electron chi connectivity index (χ0n) is 31.5. The largest absolute Gasteiger partial charge is 0.342 e. The molecule has 4 nitrogen and oxygen atoms in total. The highest BCUT2D eigenvalue weighted by molar-refractivity contribution is 6.13. The van der Waals surface area contributed by atoms with Crippen molar-refractivity contribution in [3.8, 4) is 39.1 Å². The van der Waals surface area contributed by atoms with Crippen molar-refractivity contribution in [2.75, 3.05) is 7.05 Å². The molecule has 1 unspecified atom stereocenters. The minimum absolute atomic E-state index is 0.249. The first-order valence-electron chi connectivity index (χ1n) is 19.5. The van der Waals surface area contributed by atoms with E-state index in [1.807, 2.05) is 0 Å². The standard InChI is InChI=1S/C53H38N4/c1-55-32-31-48(38-25-23-37(24-26-38)40-16-12-15-39(33-40)36-13-4-2-5-14-36)54-53(55)57-50-22-11-9-20-45(50)47-35-42(28-30-52(47)57)41-27-29-51-46(34-41)44-19-8-10-21-49(44)56(51)43-17-6-3-7-18-43/h2-35,53H,1H3. The average molecular weight is 731 g/mol. The van der Waals surface area contributed by atoms with Gasteiger partial charge >= 0.3 is 0 Å². The molecule has 0 bridgehead atoms. The van der Waals surface area contributed by atoms with Crippen LogP contribution < -0.4 is 0 Å². The number of nitrogens with zero attached hydrogens (tertiary/aromatic N) is 4. The molecule has 10 aromatic rings. The van der Waals surface area contributed by atoms with Crippen molar-refractivity contribution in [3.05, 3.63) is 212 Å². The average Bonchev–Trinajstić information content (AvgIpc) is 3.79. The topological polar surface area (TPSA) is 25.5 Å². The van der Waals surface area contributed by atoms with Crippen LogP contribution >= 0.6 is 0 Å². The van der Waals surface area contributed by atoms with Gasteiger partial charge in [-0.3, -0.25) is 0 Å². The third kappa shape index (κ3) is 5.57. The Bertz CT molecular complexity index is 3180. The van der Waals surface area contributed by atoms with Crippen LogP contribution in [-0.4, -0.2) is 26.8 Å². The van der Waals surface area contributed by atoms with Crippen LogP contribution in [0.15, 0.2) is 211 Å². The quantitative estimate of drug-likeness (QED) is 0.167. The van der Waals surface area contributed by atoms with Crippen molar-refractivity contribution in [2.24, 2.45) is 4.99 Å². The van der Waals surface area contributed by atoms with E-state index < -0.39 is 0 Å². The van der Waals surface area contributed by atoms with E-state index in [1.54, 1.807) is 0 Å². The Labute approximate surface area is 331 Å². The number of aromatic nitrogens is 2. The normalized spacial score (nSPS) is 14.2. The molecule has 0 amide bonds. The highest BCUT2D eigenvalue weighted by atomic mass is 15.4. The fraction of sp³-hybridized carbons (Fsp3) is 0.0377. The van der Waals surface area contributed by atoms with Gasteiger partial charge < -0.3 is 14.0 Å². The summed E-state index contributed by atoms with van der Waals surface area (Å²) in [6.45, 7) is 0. The van der Waals surface area contributed by atoms with Crippen LogP contribution in [0.25, 0.3) is 82.7 Å². The summed E-state index contributed by atoms with van der Waals surface area (Å²) in [4.78, 5) is 7.62. The second-order valence-corrected chi connectivity index (χ2v) is 14.9. The van der Waals surface area contributed by atoms with Gasteiger partial charge in [0.1, 0.15) is 0 Å². The van der Waals surface area contributed by atoms with Crippen molar-refractivity contribution in [3.63, 3.8) is 0 Å². The maximum Gasteiger partial charge on any atom is 0.203 e. The van der Waals surface area contributed by atoms with Gasteiger partial charge in [-0.15, -0.1) is 0 Å². The number of allylic oxidation sites excluding steroid dienone is 1. The number of aliphatic imine (C=N–C) groups is 1. The third-order valence-corrected chi connectivity index (χ3v) is 11.5. The van der Waals surface area contributed by atoms with Crippen LogP contribution in [0.1, 0.15) is 11.9 Å². The monoisotopic (exact) mass is 730 g/mol. The zero-order valence-corrected chi connectivity index (χ0v) is 31.5. The lowest BCUT2D eigenvalue weighted by Crippen LogP contribution is -2.27. The molecule has 11 rings (SSSR count). The molecule has 57 heavy (non-hydrogen) atoms. The molecule has 1 atom stereocenters. The van der Waals surface area contributed by atoms with E-state index in [4.69, 9.17) is 4.99 Å². The lowest BCUT2D eigenvalue weighted by atomic mass is 9.98.